The van der Waals surface area contributed by atoms with Crippen LogP contribution in [-0.4, -0.2) is 23.1 Å². The van der Waals surface area contributed by atoms with Crippen LogP contribution in [0.2, 0.25) is 5.02 Å². The number of alkyl halides is 3. The largest absolute Gasteiger partial charge is 0.481 e. The molecule has 122 valence electrons. The molecule has 1 aromatic carbocycles. The zero-order valence-electron chi connectivity index (χ0n) is 11.5. The van der Waals surface area contributed by atoms with Gasteiger partial charge in [-0.15, -0.1) is 0 Å². The molecule has 1 atom stereocenters. The summed E-state index contributed by atoms with van der Waals surface area (Å²) in [7, 11) is 0. The minimum Gasteiger partial charge on any atom is -0.481 e. The number of aliphatic carboxylic acids is 1. The smallest absolute Gasteiger partial charge is 0.416 e. The van der Waals surface area contributed by atoms with Crippen LogP contribution in [0.25, 0.3) is 0 Å². The van der Waals surface area contributed by atoms with Gasteiger partial charge >= 0.3 is 18.2 Å². The molecule has 0 aliphatic rings. The van der Waals surface area contributed by atoms with Gasteiger partial charge in [0.05, 0.1) is 22.7 Å². The lowest BCUT2D eigenvalue weighted by atomic mass is 10.1. The molecule has 0 bridgehead atoms. The van der Waals surface area contributed by atoms with Gasteiger partial charge in [0.25, 0.3) is 0 Å². The third kappa shape index (κ3) is 5.44. The third-order valence-corrected chi connectivity index (χ3v) is 3.12. The highest BCUT2D eigenvalue weighted by atomic mass is 35.5. The van der Waals surface area contributed by atoms with Crippen molar-refractivity contribution in [3.63, 3.8) is 0 Å². The van der Waals surface area contributed by atoms with E-state index in [1.54, 1.807) is 6.92 Å². The number of carbonyl (C=O) groups is 2. The summed E-state index contributed by atoms with van der Waals surface area (Å²) in [5, 5.41) is 13.2. The number of halogens is 4. The molecule has 0 unspecified atom stereocenters. The average Bonchev–Trinajstić information content (AvgIpc) is 2.38. The van der Waals surface area contributed by atoms with Gasteiger partial charge in [0.1, 0.15) is 0 Å². The molecule has 0 spiro atoms. The van der Waals surface area contributed by atoms with Crippen LogP contribution in [0.5, 0.6) is 0 Å². The lowest BCUT2D eigenvalue weighted by Gasteiger charge is -2.16. The maximum Gasteiger partial charge on any atom is 0.416 e. The number of anilines is 1. The van der Waals surface area contributed by atoms with Crippen LogP contribution >= 0.6 is 11.6 Å². The molecular weight excluding hydrogens is 325 g/mol. The van der Waals surface area contributed by atoms with Crippen molar-refractivity contribution >= 4 is 29.3 Å². The Balaban J connectivity index is 2.81. The number of rotatable bonds is 5. The number of urea groups is 1. The van der Waals surface area contributed by atoms with E-state index < -0.39 is 29.8 Å². The number of carbonyl (C=O) groups excluding carboxylic acids is 1. The summed E-state index contributed by atoms with van der Waals surface area (Å²) >= 11 is 5.74. The average molecular weight is 339 g/mol. The number of carboxylic acids is 1. The van der Waals surface area contributed by atoms with Crippen molar-refractivity contribution in [3.8, 4) is 0 Å². The standard InChI is InChI=1S/C13H14ClF3N2O3/c1-2-8(6-11(20)21)18-12(22)19-10-5-7(13(15,16)17)3-4-9(10)14/h3-5,8H,2,6H2,1H3,(H,20,21)(H2,18,19,22)/t8-/m0/s1. The molecule has 2 amide bonds. The van der Waals surface area contributed by atoms with Crippen molar-refractivity contribution < 1.29 is 27.9 Å². The first kappa shape index (κ1) is 18.1. The Morgan fingerprint density at radius 1 is 1.36 bits per heavy atom. The lowest BCUT2D eigenvalue weighted by molar-refractivity contribution is -0.138. The molecule has 9 heteroatoms. The fraction of sp³-hybridized carbons (Fsp3) is 0.385. The van der Waals surface area contributed by atoms with Crippen molar-refractivity contribution in [1.82, 2.24) is 5.32 Å². The minimum atomic E-state index is -4.56. The highest BCUT2D eigenvalue weighted by Gasteiger charge is 2.31. The summed E-state index contributed by atoms with van der Waals surface area (Å²) in [6, 6.07) is 1.07. The van der Waals surface area contributed by atoms with Crippen LogP contribution < -0.4 is 10.6 Å². The molecule has 22 heavy (non-hydrogen) atoms. The van der Waals surface area contributed by atoms with Crippen LogP contribution in [-0.2, 0) is 11.0 Å². The van der Waals surface area contributed by atoms with E-state index in [1.165, 1.54) is 0 Å². The summed E-state index contributed by atoms with van der Waals surface area (Å²) in [5.74, 6) is -1.09. The quantitative estimate of drug-likeness (QED) is 0.765. The Kier molecular flexibility index (Phi) is 6.04. The van der Waals surface area contributed by atoms with Crippen molar-refractivity contribution in [2.75, 3.05) is 5.32 Å². The van der Waals surface area contributed by atoms with Gasteiger partial charge in [0, 0.05) is 6.04 Å². The first-order valence-corrected chi connectivity index (χ1v) is 6.67. The monoisotopic (exact) mass is 338 g/mol. The van der Waals surface area contributed by atoms with E-state index in [0.29, 0.717) is 12.5 Å². The van der Waals surface area contributed by atoms with Gasteiger partial charge in [-0.2, -0.15) is 13.2 Å². The topological polar surface area (TPSA) is 78.4 Å². The van der Waals surface area contributed by atoms with Crippen molar-refractivity contribution in [1.29, 1.82) is 0 Å². The molecule has 0 saturated heterocycles. The Morgan fingerprint density at radius 2 is 2.00 bits per heavy atom. The van der Waals surface area contributed by atoms with Gasteiger partial charge in [0.15, 0.2) is 0 Å². The number of benzene rings is 1. The molecule has 0 aliphatic carbocycles. The molecule has 0 aliphatic heterocycles. The predicted octanol–water partition coefficient (Wildman–Crippen LogP) is 3.73. The van der Waals surface area contributed by atoms with Crippen LogP contribution in [0.15, 0.2) is 18.2 Å². The Hall–Kier alpha value is -1.96. The predicted molar refractivity (Wildman–Crippen MR) is 74.9 cm³/mol. The SMILES string of the molecule is CC[C@@H](CC(=O)O)NC(=O)Nc1cc(C(F)(F)F)ccc1Cl. The number of amides is 2. The molecule has 0 fully saturated rings. The lowest BCUT2D eigenvalue weighted by Crippen LogP contribution is -2.39. The summed E-state index contributed by atoms with van der Waals surface area (Å²) in [6.07, 6.45) is -4.50. The molecule has 0 heterocycles. The summed E-state index contributed by atoms with van der Waals surface area (Å²) < 4.78 is 37.8. The van der Waals surface area contributed by atoms with Crippen molar-refractivity contribution in [3.05, 3.63) is 28.8 Å². The van der Waals surface area contributed by atoms with E-state index in [0.717, 1.165) is 12.1 Å². The van der Waals surface area contributed by atoms with Crippen LogP contribution in [0.1, 0.15) is 25.3 Å². The Labute approximate surface area is 129 Å². The third-order valence-electron chi connectivity index (χ3n) is 2.79. The second kappa shape index (κ2) is 7.35. The van der Waals surface area contributed by atoms with Gasteiger partial charge in [-0.05, 0) is 24.6 Å². The number of hydrogen-bond acceptors (Lipinski definition) is 2. The first-order chi connectivity index (χ1) is 10.1. The second-order valence-electron chi connectivity index (χ2n) is 4.49. The first-order valence-electron chi connectivity index (χ1n) is 6.29. The molecule has 1 rings (SSSR count). The van der Waals surface area contributed by atoms with E-state index in [1.807, 2.05) is 0 Å². The van der Waals surface area contributed by atoms with E-state index in [-0.39, 0.29) is 17.1 Å². The molecule has 1 aromatic rings. The van der Waals surface area contributed by atoms with Crippen LogP contribution in [0.4, 0.5) is 23.7 Å². The number of nitrogens with one attached hydrogen (secondary N) is 2. The van der Waals surface area contributed by atoms with E-state index in [4.69, 9.17) is 16.7 Å². The summed E-state index contributed by atoms with van der Waals surface area (Å²) in [6.45, 7) is 1.67. The molecule has 0 aromatic heterocycles. The van der Waals surface area contributed by atoms with Crippen molar-refractivity contribution in [2.45, 2.75) is 32.0 Å². The highest BCUT2D eigenvalue weighted by molar-refractivity contribution is 6.33. The van der Waals surface area contributed by atoms with Crippen LogP contribution in [0.3, 0.4) is 0 Å². The fourth-order valence-corrected chi connectivity index (χ4v) is 1.81. The van der Waals surface area contributed by atoms with Gasteiger partial charge in [-0.3, -0.25) is 4.79 Å². The summed E-state index contributed by atoms with van der Waals surface area (Å²) in [5.41, 5.74) is -1.16. The number of carboxylic acid groups (broad SMARTS) is 1. The Morgan fingerprint density at radius 3 is 2.50 bits per heavy atom. The molecule has 5 nitrogen and oxygen atoms in total. The van der Waals surface area contributed by atoms with E-state index >= 15 is 0 Å². The van der Waals surface area contributed by atoms with Crippen LogP contribution in [0, 0.1) is 0 Å². The zero-order chi connectivity index (χ0) is 16.9. The molecule has 3 N–H and O–H groups in total. The van der Waals surface area contributed by atoms with Gasteiger partial charge in [-0.25, -0.2) is 4.79 Å². The van der Waals surface area contributed by atoms with Crippen molar-refractivity contribution in [2.24, 2.45) is 0 Å². The second-order valence-corrected chi connectivity index (χ2v) is 4.90. The Bertz CT molecular complexity index is 564. The molecular formula is C13H14ClF3N2O3. The minimum absolute atomic E-state index is 0.0607. The normalized spacial score (nSPS) is 12.6. The highest BCUT2D eigenvalue weighted by Crippen LogP contribution is 2.33. The molecule has 0 saturated carbocycles. The number of hydrogen-bond donors (Lipinski definition) is 3. The van der Waals surface area contributed by atoms with Gasteiger partial charge < -0.3 is 15.7 Å². The van der Waals surface area contributed by atoms with E-state index in [9.17, 15) is 22.8 Å². The maximum absolute atomic E-state index is 12.6. The maximum atomic E-state index is 12.6. The zero-order valence-corrected chi connectivity index (χ0v) is 12.3. The summed E-state index contributed by atoms with van der Waals surface area (Å²) in [4.78, 5) is 22.3. The fourth-order valence-electron chi connectivity index (χ4n) is 1.65. The van der Waals surface area contributed by atoms with Gasteiger partial charge in [0.2, 0.25) is 0 Å². The van der Waals surface area contributed by atoms with Gasteiger partial charge in [-0.1, -0.05) is 18.5 Å². The molecule has 0 radical (unpaired) electrons. The van der Waals surface area contributed by atoms with E-state index in [2.05, 4.69) is 10.6 Å².